The second kappa shape index (κ2) is 10.7. The molecule has 0 spiro atoms. The van der Waals surface area contributed by atoms with Crippen LogP contribution in [0.2, 0.25) is 0 Å². The molecule has 0 aromatic heterocycles. The number of ether oxygens (including phenoxy) is 5. The van der Waals surface area contributed by atoms with Crippen molar-refractivity contribution >= 4 is 11.9 Å². The highest BCUT2D eigenvalue weighted by molar-refractivity contribution is 5.85. The molecule has 0 aromatic carbocycles. The van der Waals surface area contributed by atoms with Gasteiger partial charge in [-0.2, -0.15) is 0 Å². The van der Waals surface area contributed by atoms with Gasteiger partial charge >= 0.3 is 11.9 Å². The largest absolute Gasteiger partial charge is 0.462 e. The van der Waals surface area contributed by atoms with Crippen LogP contribution in [0.5, 0.6) is 0 Å². The second-order valence-electron chi connectivity index (χ2n) is 13.0. The normalized spacial score (nSPS) is 49.4. The van der Waals surface area contributed by atoms with E-state index in [1.54, 1.807) is 13.2 Å². The monoisotopic (exact) mass is 548 g/mol. The van der Waals surface area contributed by atoms with Gasteiger partial charge in [0.25, 0.3) is 0 Å². The molecule has 2 aliphatic heterocycles. The van der Waals surface area contributed by atoms with Crippen LogP contribution < -0.4 is 0 Å². The summed E-state index contributed by atoms with van der Waals surface area (Å²) in [5, 5.41) is 22.7. The summed E-state index contributed by atoms with van der Waals surface area (Å²) in [7, 11) is 1.62. The first-order valence-electron chi connectivity index (χ1n) is 15.0. The third kappa shape index (κ3) is 4.96. The molecular formula is C30H44O9. The van der Waals surface area contributed by atoms with E-state index < -0.39 is 17.8 Å². The SMILES string of the molecule is COC1CC(OC2CCC3CCC4C(CCC5C(C6=CC(=O)OC6)C(OC(C)=O)CC45O)C3C2)OC(C)C1O. The summed E-state index contributed by atoms with van der Waals surface area (Å²) in [6, 6.07) is 0. The van der Waals surface area contributed by atoms with Crippen LogP contribution in [-0.2, 0) is 33.3 Å². The van der Waals surface area contributed by atoms with E-state index in [1.807, 2.05) is 6.92 Å². The van der Waals surface area contributed by atoms with Crippen molar-refractivity contribution < 1.29 is 43.5 Å². The summed E-state index contributed by atoms with van der Waals surface area (Å²) in [6.45, 7) is 3.49. The van der Waals surface area contributed by atoms with Gasteiger partial charge in [-0.3, -0.25) is 4.79 Å². The van der Waals surface area contributed by atoms with Crippen LogP contribution in [0, 0.1) is 35.5 Å². The third-order valence-electron chi connectivity index (χ3n) is 11.1. The van der Waals surface area contributed by atoms with Gasteiger partial charge in [-0.25, -0.2) is 4.79 Å². The third-order valence-corrected chi connectivity index (χ3v) is 11.1. The van der Waals surface area contributed by atoms with Crippen molar-refractivity contribution in [2.24, 2.45) is 35.5 Å². The number of carbonyl (C=O) groups excluding carboxylic acids is 2. The number of carbonyl (C=O) groups is 2. The zero-order chi connectivity index (χ0) is 27.5. The molecule has 9 heteroatoms. The minimum Gasteiger partial charge on any atom is -0.462 e. The molecule has 4 aliphatic carbocycles. The fourth-order valence-corrected chi connectivity index (χ4v) is 9.53. The van der Waals surface area contributed by atoms with Gasteiger partial charge in [0.15, 0.2) is 6.29 Å². The molecule has 1 saturated heterocycles. The summed E-state index contributed by atoms with van der Waals surface area (Å²) in [4.78, 5) is 23.9. The maximum atomic E-state index is 12.4. The predicted molar refractivity (Wildman–Crippen MR) is 138 cm³/mol. The molecule has 5 fully saturated rings. The number of hydrogen-bond donors (Lipinski definition) is 2. The van der Waals surface area contributed by atoms with Gasteiger partial charge in [0.2, 0.25) is 0 Å². The van der Waals surface area contributed by atoms with Crippen molar-refractivity contribution in [3.05, 3.63) is 11.6 Å². The van der Waals surface area contributed by atoms with Crippen molar-refractivity contribution in [1.29, 1.82) is 0 Å². The maximum absolute atomic E-state index is 12.4. The van der Waals surface area contributed by atoms with E-state index in [2.05, 4.69) is 0 Å². The van der Waals surface area contributed by atoms with Crippen molar-refractivity contribution in [3.8, 4) is 0 Å². The molecule has 2 heterocycles. The number of fused-ring (bicyclic) bond motifs is 5. The van der Waals surface area contributed by atoms with E-state index >= 15 is 0 Å². The lowest BCUT2D eigenvalue weighted by atomic mass is 9.51. The predicted octanol–water partition coefficient (Wildman–Crippen LogP) is 2.90. The zero-order valence-electron chi connectivity index (χ0n) is 23.3. The fourth-order valence-electron chi connectivity index (χ4n) is 9.53. The molecule has 218 valence electrons. The van der Waals surface area contributed by atoms with Gasteiger partial charge in [-0.1, -0.05) is 0 Å². The first-order valence-corrected chi connectivity index (χ1v) is 15.0. The number of cyclic esters (lactones) is 1. The van der Waals surface area contributed by atoms with E-state index in [0.29, 0.717) is 30.6 Å². The Kier molecular flexibility index (Phi) is 7.59. The molecule has 13 unspecified atom stereocenters. The Bertz CT molecular complexity index is 981. The quantitative estimate of drug-likeness (QED) is 0.395. The summed E-state index contributed by atoms with van der Waals surface area (Å²) < 4.78 is 29.0. The average Bonchev–Trinajstić information content (AvgIpc) is 3.44. The van der Waals surface area contributed by atoms with Crippen LogP contribution in [0.4, 0.5) is 0 Å². The lowest BCUT2D eigenvalue weighted by Gasteiger charge is -2.56. The lowest BCUT2D eigenvalue weighted by Crippen LogP contribution is -2.55. The van der Waals surface area contributed by atoms with Gasteiger partial charge in [0.1, 0.15) is 18.8 Å². The topological polar surface area (TPSA) is 121 Å². The lowest BCUT2D eigenvalue weighted by molar-refractivity contribution is -0.269. The molecule has 39 heavy (non-hydrogen) atoms. The summed E-state index contributed by atoms with van der Waals surface area (Å²) in [5.41, 5.74) is -0.0745. The number of methoxy groups -OCH3 is 1. The molecule has 0 amide bonds. The van der Waals surface area contributed by atoms with Crippen LogP contribution in [0.1, 0.15) is 71.6 Å². The molecule has 9 nitrogen and oxygen atoms in total. The summed E-state index contributed by atoms with van der Waals surface area (Å²) in [6.07, 6.45) is 7.43. The Balaban J connectivity index is 1.18. The Hall–Kier alpha value is -1.52. The van der Waals surface area contributed by atoms with Crippen LogP contribution in [0.25, 0.3) is 0 Å². The Morgan fingerprint density at radius 3 is 2.54 bits per heavy atom. The molecule has 0 radical (unpaired) electrons. The highest BCUT2D eigenvalue weighted by Gasteiger charge is 2.64. The minimum absolute atomic E-state index is 0.0504. The number of aliphatic hydroxyl groups is 2. The van der Waals surface area contributed by atoms with Crippen molar-refractivity contribution in [2.75, 3.05) is 13.7 Å². The Labute approximate surface area is 230 Å². The standard InChI is InChI=1S/C30H44O9/c1-15-29(33)24(35-3)12-27(37-15)39-19-6-4-17-5-8-22-20(21(17)11-19)7-9-23-28(18-10-26(32)36-14-18)25(38-16(2)31)13-30(22,23)34/h10,15,17,19-25,27-29,33-34H,4-9,11-14H2,1-3H3. The Morgan fingerprint density at radius 2 is 1.82 bits per heavy atom. The molecule has 0 bridgehead atoms. The molecular weight excluding hydrogens is 504 g/mol. The van der Waals surface area contributed by atoms with Gasteiger partial charge in [-0.15, -0.1) is 0 Å². The van der Waals surface area contributed by atoms with Crippen molar-refractivity contribution in [1.82, 2.24) is 0 Å². The van der Waals surface area contributed by atoms with Crippen LogP contribution in [-0.4, -0.2) is 78.3 Å². The second-order valence-corrected chi connectivity index (χ2v) is 13.0. The molecule has 6 rings (SSSR count). The van der Waals surface area contributed by atoms with Crippen LogP contribution in [0.15, 0.2) is 11.6 Å². The minimum atomic E-state index is -0.928. The zero-order valence-corrected chi connectivity index (χ0v) is 23.3. The van der Waals surface area contributed by atoms with E-state index in [9.17, 15) is 19.8 Å². The maximum Gasteiger partial charge on any atom is 0.331 e. The number of hydrogen-bond acceptors (Lipinski definition) is 9. The van der Waals surface area contributed by atoms with Gasteiger partial charge in [-0.05, 0) is 87.0 Å². The van der Waals surface area contributed by atoms with E-state index in [1.165, 1.54) is 6.92 Å². The summed E-state index contributed by atoms with van der Waals surface area (Å²) >= 11 is 0. The van der Waals surface area contributed by atoms with Crippen LogP contribution in [0.3, 0.4) is 0 Å². The highest BCUT2D eigenvalue weighted by atomic mass is 16.7. The molecule has 4 saturated carbocycles. The smallest absolute Gasteiger partial charge is 0.331 e. The van der Waals surface area contributed by atoms with Crippen molar-refractivity contribution in [3.63, 3.8) is 0 Å². The first kappa shape index (κ1) is 27.6. The molecule has 0 aromatic rings. The van der Waals surface area contributed by atoms with E-state index in [0.717, 1.165) is 50.5 Å². The Morgan fingerprint density at radius 1 is 1.05 bits per heavy atom. The van der Waals surface area contributed by atoms with Crippen LogP contribution >= 0.6 is 0 Å². The number of aliphatic hydroxyl groups excluding tert-OH is 1. The highest BCUT2D eigenvalue weighted by Crippen LogP contribution is 2.62. The van der Waals surface area contributed by atoms with Gasteiger partial charge < -0.3 is 33.9 Å². The molecule has 13 atom stereocenters. The van der Waals surface area contributed by atoms with Gasteiger partial charge in [0, 0.05) is 38.9 Å². The molecule has 6 aliphatic rings. The fraction of sp³-hybridized carbons (Fsp3) is 0.867. The molecule has 2 N–H and O–H groups in total. The number of rotatable bonds is 5. The van der Waals surface area contributed by atoms with E-state index in [-0.39, 0.29) is 60.9 Å². The van der Waals surface area contributed by atoms with Gasteiger partial charge in [0.05, 0.1) is 23.9 Å². The average molecular weight is 549 g/mol. The summed E-state index contributed by atoms with van der Waals surface area (Å²) in [5.74, 6) is 0.696. The first-order chi connectivity index (χ1) is 18.7. The number of esters is 2. The van der Waals surface area contributed by atoms with E-state index in [4.69, 9.17) is 23.7 Å². The van der Waals surface area contributed by atoms with Crippen molar-refractivity contribution in [2.45, 2.75) is 114 Å².